The van der Waals surface area contributed by atoms with Gasteiger partial charge in [0.15, 0.2) is 0 Å². The van der Waals surface area contributed by atoms with Crippen molar-refractivity contribution < 1.29 is 9.53 Å². The molecule has 0 radical (unpaired) electrons. The maximum absolute atomic E-state index is 12.3. The molecule has 0 atom stereocenters. The molecule has 1 aromatic heterocycles. The molecule has 6 nitrogen and oxygen atoms in total. The zero-order valence-electron chi connectivity index (χ0n) is 15.1. The van der Waals surface area contributed by atoms with E-state index in [0.29, 0.717) is 19.7 Å². The van der Waals surface area contributed by atoms with E-state index < -0.39 is 0 Å². The van der Waals surface area contributed by atoms with E-state index in [0.717, 1.165) is 49.4 Å². The zero-order valence-corrected chi connectivity index (χ0v) is 15.1. The molecule has 2 N–H and O–H groups in total. The Kier molecular flexibility index (Phi) is 5.20. The average Bonchev–Trinajstić information content (AvgIpc) is 2.95. The van der Waals surface area contributed by atoms with Crippen molar-refractivity contribution in [3.63, 3.8) is 0 Å². The van der Waals surface area contributed by atoms with Gasteiger partial charge in [0.2, 0.25) is 5.91 Å². The Balaban J connectivity index is 1.26. The van der Waals surface area contributed by atoms with Gasteiger partial charge in [-0.1, -0.05) is 18.2 Å². The zero-order chi connectivity index (χ0) is 17.8. The molecule has 0 unspecified atom stereocenters. The number of para-hydroxylation sites is 1. The molecule has 0 spiro atoms. The van der Waals surface area contributed by atoms with E-state index in [-0.39, 0.29) is 5.91 Å². The third-order valence-corrected chi connectivity index (χ3v) is 5.22. The summed E-state index contributed by atoms with van der Waals surface area (Å²) in [6.07, 6.45) is 5.50. The largest absolute Gasteiger partial charge is 0.492 e. The van der Waals surface area contributed by atoms with Crippen LogP contribution in [0.1, 0.15) is 35.4 Å². The van der Waals surface area contributed by atoms with Gasteiger partial charge in [0.25, 0.3) is 0 Å². The highest BCUT2D eigenvalue weighted by molar-refractivity contribution is 5.78. The molecule has 4 rings (SSSR count). The van der Waals surface area contributed by atoms with Gasteiger partial charge in [0, 0.05) is 37.3 Å². The van der Waals surface area contributed by atoms with E-state index in [1.54, 1.807) is 0 Å². The van der Waals surface area contributed by atoms with Gasteiger partial charge in [-0.2, -0.15) is 5.10 Å². The fraction of sp³-hybridized carbons (Fsp3) is 0.500. The van der Waals surface area contributed by atoms with Crippen molar-refractivity contribution in [2.24, 2.45) is 0 Å². The minimum absolute atomic E-state index is 0.0637. The van der Waals surface area contributed by atoms with E-state index in [9.17, 15) is 4.79 Å². The van der Waals surface area contributed by atoms with Crippen molar-refractivity contribution >= 4 is 5.91 Å². The molecule has 1 amide bonds. The van der Waals surface area contributed by atoms with Crippen LogP contribution in [0.5, 0.6) is 5.75 Å². The van der Waals surface area contributed by atoms with Gasteiger partial charge in [-0.05, 0) is 37.3 Å². The fourth-order valence-corrected chi connectivity index (χ4v) is 3.85. The van der Waals surface area contributed by atoms with E-state index in [2.05, 4.69) is 26.5 Å². The molecule has 1 aromatic carbocycles. The lowest BCUT2D eigenvalue weighted by molar-refractivity contribution is -0.122. The number of nitrogens with zero attached hydrogens (tertiary/aromatic N) is 2. The summed E-state index contributed by atoms with van der Waals surface area (Å²) in [5.41, 5.74) is 4.94. The van der Waals surface area contributed by atoms with Crippen LogP contribution in [-0.4, -0.2) is 47.2 Å². The van der Waals surface area contributed by atoms with E-state index in [4.69, 9.17) is 4.74 Å². The number of rotatable bonds is 5. The number of hydrogen-bond donors (Lipinski definition) is 2. The summed E-state index contributed by atoms with van der Waals surface area (Å²) in [5, 5.41) is 10.7. The van der Waals surface area contributed by atoms with Crippen molar-refractivity contribution in [1.29, 1.82) is 0 Å². The van der Waals surface area contributed by atoms with Crippen LogP contribution in [0.4, 0.5) is 0 Å². The minimum Gasteiger partial charge on any atom is -0.492 e. The maximum Gasteiger partial charge on any atom is 0.234 e. The molecule has 2 heterocycles. The topological polar surface area (TPSA) is 70.2 Å². The Labute approximate surface area is 153 Å². The van der Waals surface area contributed by atoms with Crippen LogP contribution >= 0.6 is 0 Å². The summed E-state index contributed by atoms with van der Waals surface area (Å²) in [5.74, 6) is 0.993. The predicted octanol–water partition coefficient (Wildman–Crippen LogP) is 1.84. The summed E-state index contributed by atoms with van der Waals surface area (Å²) in [4.78, 5) is 14.5. The van der Waals surface area contributed by atoms with Crippen LogP contribution in [-0.2, 0) is 30.6 Å². The first kappa shape index (κ1) is 17.1. The number of aryl methyl sites for hydroxylation is 1. The maximum atomic E-state index is 12.3. The monoisotopic (exact) mass is 354 g/mol. The SMILES string of the molecule is O=C(CN1CCOc2ccccc2C1)NCCc1n[nH]c2c1CCCC2. The molecule has 0 fully saturated rings. The van der Waals surface area contributed by atoms with Crippen LogP contribution in [0.25, 0.3) is 0 Å². The highest BCUT2D eigenvalue weighted by Gasteiger charge is 2.18. The smallest absolute Gasteiger partial charge is 0.234 e. The summed E-state index contributed by atoms with van der Waals surface area (Å²) in [6.45, 7) is 3.16. The summed E-state index contributed by atoms with van der Waals surface area (Å²) >= 11 is 0. The first-order valence-electron chi connectivity index (χ1n) is 9.54. The standard InChI is InChI=1S/C20H26N4O2/c25-20(14-24-11-12-26-19-8-4-1-5-15(19)13-24)21-10-9-18-16-6-2-3-7-17(16)22-23-18/h1,4-5,8H,2-3,6-7,9-14H2,(H,21,25)(H,22,23). The van der Waals surface area contributed by atoms with Crippen molar-refractivity contribution in [2.75, 3.05) is 26.2 Å². The average molecular weight is 354 g/mol. The molecule has 1 aliphatic carbocycles. The number of aromatic amines is 1. The Morgan fingerprint density at radius 2 is 2.15 bits per heavy atom. The highest BCUT2D eigenvalue weighted by Crippen LogP contribution is 2.23. The lowest BCUT2D eigenvalue weighted by Gasteiger charge is -2.18. The summed E-state index contributed by atoms with van der Waals surface area (Å²) < 4.78 is 5.76. The number of carbonyl (C=O) groups excluding carboxylic acids is 1. The molecule has 0 bridgehead atoms. The molecule has 6 heteroatoms. The molecule has 138 valence electrons. The van der Waals surface area contributed by atoms with Gasteiger partial charge in [0.1, 0.15) is 12.4 Å². The van der Waals surface area contributed by atoms with E-state index in [1.807, 2.05) is 18.2 Å². The molecular weight excluding hydrogens is 328 g/mol. The molecule has 1 aliphatic heterocycles. The molecule has 0 saturated carbocycles. The molecule has 0 saturated heterocycles. The van der Waals surface area contributed by atoms with Crippen LogP contribution in [0.2, 0.25) is 0 Å². The van der Waals surface area contributed by atoms with Gasteiger partial charge in [-0.25, -0.2) is 0 Å². The van der Waals surface area contributed by atoms with Crippen LogP contribution in [0.15, 0.2) is 24.3 Å². The molecule has 26 heavy (non-hydrogen) atoms. The number of nitrogens with one attached hydrogen (secondary N) is 2. The second-order valence-electron chi connectivity index (χ2n) is 7.10. The van der Waals surface area contributed by atoms with Crippen LogP contribution < -0.4 is 10.1 Å². The van der Waals surface area contributed by atoms with Crippen molar-refractivity contribution in [3.05, 3.63) is 46.8 Å². The number of amides is 1. The van der Waals surface area contributed by atoms with Crippen molar-refractivity contribution in [3.8, 4) is 5.75 Å². The van der Waals surface area contributed by atoms with Gasteiger partial charge in [-0.3, -0.25) is 14.8 Å². The Hall–Kier alpha value is -2.34. The summed E-state index contributed by atoms with van der Waals surface area (Å²) in [6, 6.07) is 8.04. The highest BCUT2D eigenvalue weighted by atomic mass is 16.5. The van der Waals surface area contributed by atoms with Crippen molar-refractivity contribution in [1.82, 2.24) is 20.4 Å². The van der Waals surface area contributed by atoms with Gasteiger partial charge in [0.05, 0.1) is 12.2 Å². The number of benzene rings is 1. The van der Waals surface area contributed by atoms with Gasteiger partial charge in [-0.15, -0.1) is 0 Å². The molecular formula is C20H26N4O2. The minimum atomic E-state index is 0.0637. The third kappa shape index (κ3) is 3.90. The van der Waals surface area contributed by atoms with E-state index in [1.165, 1.54) is 24.1 Å². The molecule has 2 aliphatic rings. The Morgan fingerprint density at radius 3 is 3.12 bits per heavy atom. The lowest BCUT2D eigenvalue weighted by atomic mass is 9.95. The number of carbonyl (C=O) groups is 1. The number of hydrogen-bond acceptors (Lipinski definition) is 4. The number of ether oxygens (including phenoxy) is 1. The number of fused-ring (bicyclic) bond motifs is 2. The lowest BCUT2D eigenvalue weighted by Crippen LogP contribution is -2.38. The number of aromatic nitrogens is 2. The first-order valence-corrected chi connectivity index (χ1v) is 9.54. The second-order valence-corrected chi connectivity index (χ2v) is 7.10. The second kappa shape index (κ2) is 7.91. The van der Waals surface area contributed by atoms with Crippen LogP contribution in [0, 0.1) is 0 Å². The Bertz CT molecular complexity index is 771. The fourth-order valence-electron chi connectivity index (χ4n) is 3.85. The number of H-pyrrole nitrogens is 1. The first-order chi connectivity index (χ1) is 12.8. The third-order valence-electron chi connectivity index (χ3n) is 5.22. The van der Waals surface area contributed by atoms with Crippen molar-refractivity contribution in [2.45, 2.75) is 38.6 Å². The van der Waals surface area contributed by atoms with Gasteiger partial charge < -0.3 is 10.1 Å². The normalized spacial score (nSPS) is 16.9. The predicted molar refractivity (Wildman–Crippen MR) is 99.2 cm³/mol. The summed E-state index contributed by atoms with van der Waals surface area (Å²) in [7, 11) is 0. The Morgan fingerprint density at radius 1 is 1.27 bits per heavy atom. The quantitative estimate of drug-likeness (QED) is 0.860. The van der Waals surface area contributed by atoms with Crippen LogP contribution in [0.3, 0.4) is 0 Å². The van der Waals surface area contributed by atoms with E-state index >= 15 is 0 Å². The van der Waals surface area contributed by atoms with Gasteiger partial charge >= 0.3 is 0 Å². The molecule has 2 aromatic rings.